The number of rotatable bonds is 7. The van der Waals surface area contributed by atoms with Crippen LogP contribution in [0.2, 0.25) is 0 Å². The molecule has 1 unspecified atom stereocenters. The molecule has 0 saturated heterocycles. The summed E-state index contributed by atoms with van der Waals surface area (Å²) >= 11 is 0. The molecule has 0 radical (unpaired) electrons. The SMILES string of the molecule is CCCOCC(NN)c1ccccc1CC. The van der Waals surface area contributed by atoms with Crippen LogP contribution in [0.5, 0.6) is 0 Å². The van der Waals surface area contributed by atoms with Gasteiger partial charge < -0.3 is 4.74 Å². The number of nitrogens with one attached hydrogen (secondary N) is 1. The number of ether oxygens (including phenoxy) is 1. The van der Waals surface area contributed by atoms with Gasteiger partial charge in [-0.05, 0) is 24.0 Å². The number of hydrazine groups is 1. The molecule has 0 spiro atoms. The van der Waals surface area contributed by atoms with Gasteiger partial charge in [0.2, 0.25) is 0 Å². The molecule has 1 rings (SSSR count). The molecule has 0 aliphatic rings. The molecular weight excluding hydrogens is 200 g/mol. The highest BCUT2D eigenvalue weighted by Crippen LogP contribution is 2.18. The number of nitrogens with two attached hydrogens (primary N) is 1. The van der Waals surface area contributed by atoms with E-state index in [2.05, 4.69) is 37.5 Å². The normalized spacial score (nSPS) is 12.7. The molecule has 3 heteroatoms. The van der Waals surface area contributed by atoms with Gasteiger partial charge in [0.05, 0.1) is 12.6 Å². The quantitative estimate of drug-likeness (QED) is 0.422. The van der Waals surface area contributed by atoms with E-state index in [0.717, 1.165) is 19.4 Å². The van der Waals surface area contributed by atoms with Crippen molar-refractivity contribution in [2.75, 3.05) is 13.2 Å². The summed E-state index contributed by atoms with van der Waals surface area (Å²) in [4.78, 5) is 0. The molecule has 0 amide bonds. The molecule has 0 saturated carbocycles. The first kappa shape index (κ1) is 13.2. The van der Waals surface area contributed by atoms with E-state index < -0.39 is 0 Å². The molecule has 3 N–H and O–H groups in total. The van der Waals surface area contributed by atoms with Crippen molar-refractivity contribution < 1.29 is 4.74 Å². The second-order valence-corrected chi connectivity index (χ2v) is 3.85. The summed E-state index contributed by atoms with van der Waals surface area (Å²) in [5.74, 6) is 5.58. The molecule has 1 aromatic rings. The minimum absolute atomic E-state index is 0.0858. The van der Waals surface area contributed by atoms with Gasteiger partial charge in [-0.25, -0.2) is 0 Å². The highest BCUT2D eigenvalue weighted by Gasteiger charge is 2.12. The van der Waals surface area contributed by atoms with E-state index in [0.29, 0.717) is 6.61 Å². The van der Waals surface area contributed by atoms with Gasteiger partial charge in [-0.15, -0.1) is 0 Å². The van der Waals surface area contributed by atoms with E-state index in [4.69, 9.17) is 10.6 Å². The van der Waals surface area contributed by atoms with Gasteiger partial charge in [0.25, 0.3) is 0 Å². The van der Waals surface area contributed by atoms with Crippen molar-refractivity contribution in [2.45, 2.75) is 32.7 Å². The van der Waals surface area contributed by atoms with Crippen LogP contribution in [-0.2, 0) is 11.2 Å². The average Bonchev–Trinajstić information content (AvgIpc) is 2.35. The molecular formula is C13H22N2O. The van der Waals surface area contributed by atoms with Gasteiger partial charge in [0, 0.05) is 6.61 Å². The maximum absolute atomic E-state index is 5.58. The molecule has 0 fully saturated rings. The third kappa shape index (κ3) is 3.59. The second kappa shape index (κ2) is 7.39. The first-order chi connectivity index (χ1) is 7.83. The zero-order valence-electron chi connectivity index (χ0n) is 10.2. The predicted molar refractivity (Wildman–Crippen MR) is 67.0 cm³/mol. The summed E-state index contributed by atoms with van der Waals surface area (Å²) in [6.07, 6.45) is 2.05. The number of hydrogen-bond donors (Lipinski definition) is 2. The largest absolute Gasteiger partial charge is 0.379 e. The molecule has 16 heavy (non-hydrogen) atoms. The molecule has 3 nitrogen and oxygen atoms in total. The Kier molecular flexibility index (Phi) is 6.08. The van der Waals surface area contributed by atoms with Crippen molar-refractivity contribution in [3.63, 3.8) is 0 Å². The van der Waals surface area contributed by atoms with Crippen molar-refractivity contribution >= 4 is 0 Å². The fraction of sp³-hybridized carbons (Fsp3) is 0.538. The molecule has 0 bridgehead atoms. The third-order valence-corrected chi connectivity index (χ3v) is 2.65. The Bertz CT molecular complexity index is 302. The third-order valence-electron chi connectivity index (χ3n) is 2.65. The lowest BCUT2D eigenvalue weighted by Gasteiger charge is -2.19. The van der Waals surface area contributed by atoms with Crippen molar-refractivity contribution in [1.82, 2.24) is 5.43 Å². The molecule has 0 heterocycles. The lowest BCUT2D eigenvalue weighted by Crippen LogP contribution is -2.32. The minimum Gasteiger partial charge on any atom is -0.379 e. The van der Waals surface area contributed by atoms with E-state index in [1.807, 2.05) is 6.07 Å². The number of benzene rings is 1. The van der Waals surface area contributed by atoms with Crippen LogP contribution >= 0.6 is 0 Å². The Labute approximate surface area is 98.0 Å². The van der Waals surface area contributed by atoms with Crippen LogP contribution in [-0.4, -0.2) is 13.2 Å². The van der Waals surface area contributed by atoms with Crippen LogP contribution in [0.3, 0.4) is 0 Å². The summed E-state index contributed by atoms with van der Waals surface area (Å²) < 4.78 is 5.55. The van der Waals surface area contributed by atoms with Gasteiger partial charge in [0.15, 0.2) is 0 Å². The summed E-state index contributed by atoms with van der Waals surface area (Å²) in [5.41, 5.74) is 5.39. The van der Waals surface area contributed by atoms with Crippen molar-refractivity contribution in [1.29, 1.82) is 0 Å². The monoisotopic (exact) mass is 222 g/mol. The van der Waals surface area contributed by atoms with Crippen LogP contribution < -0.4 is 11.3 Å². The first-order valence-electron chi connectivity index (χ1n) is 5.95. The second-order valence-electron chi connectivity index (χ2n) is 3.85. The van der Waals surface area contributed by atoms with Crippen molar-refractivity contribution in [2.24, 2.45) is 5.84 Å². The Morgan fingerprint density at radius 2 is 2.06 bits per heavy atom. The molecule has 1 atom stereocenters. The zero-order chi connectivity index (χ0) is 11.8. The molecule has 1 aromatic carbocycles. The average molecular weight is 222 g/mol. The van der Waals surface area contributed by atoms with E-state index in [9.17, 15) is 0 Å². The van der Waals surface area contributed by atoms with Crippen LogP contribution in [0, 0.1) is 0 Å². The van der Waals surface area contributed by atoms with E-state index in [1.165, 1.54) is 11.1 Å². The lowest BCUT2D eigenvalue weighted by molar-refractivity contribution is 0.112. The van der Waals surface area contributed by atoms with Gasteiger partial charge in [-0.3, -0.25) is 11.3 Å². The van der Waals surface area contributed by atoms with Crippen LogP contribution in [0.25, 0.3) is 0 Å². The van der Waals surface area contributed by atoms with Crippen molar-refractivity contribution in [3.05, 3.63) is 35.4 Å². The minimum atomic E-state index is 0.0858. The highest BCUT2D eigenvalue weighted by atomic mass is 16.5. The van der Waals surface area contributed by atoms with Crippen LogP contribution in [0.4, 0.5) is 0 Å². The maximum atomic E-state index is 5.58. The zero-order valence-corrected chi connectivity index (χ0v) is 10.2. The van der Waals surface area contributed by atoms with Gasteiger partial charge in [0.1, 0.15) is 0 Å². The Balaban J connectivity index is 2.69. The maximum Gasteiger partial charge on any atom is 0.0696 e. The predicted octanol–water partition coefficient (Wildman–Crippen LogP) is 2.18. The van der Waals surface area contributed by atoms with E-state index in [-0.39, 0.29) is 6.04 Å². The lowest BCUT2D eigenvalue weighted by atomic mass is 9.99. The fourth-order valence-corrected chi connectivity index (χ4v) is 1.77. The number of hydrogen-bond acceptors (Lipinski definition) is 3. The smallest absolute Gasteiger partial charge is 0.0696 e. The Morgan fingerprint density at radius 1 is 1.31 bits per heavy atom. The summed E-state index contributed by atoms with van der Waals surface area (Å²) in [7, 11) is 0. The molecule has 90 valence electrons. The van der Waals surface area contributed by atoms with Gasteiger partial charge >= 0.3 is 0 Å². The molecule has 0 aromatic heterocycles. The molecule has 0 aliphatic carbocycles. The standard InChI is InChI=1S/C13H22N2O/c1-3-9-16-10-13(15-14)12-8-6-5-7-11(12)4-2/h5-8,13,15H,3-4,9-10,14H2,1-2H3. The summed E-state index contributed by atoms with van der Waals surface area (Å²) in [6, 6.07) is 8.43. The number of aryl methyl sites for hydroxylation is 1. The topological polar surface area (TPSA) is 47.3 Å². The van der Waals surface area contributed by atoms with Crippen LogP contribution in [0.15, 0.2) is 24.3 Å². The van der Waals surface area contributed by atoms with E-state index in [1.54, 1.807) is 0 Å². The van der Waals surface area contributed by atoms with Crippen molar-refractivity contribution in [3.8, 4) is 0 Å². The molecule has 0 aliphatic heterocycles. The van der Waals surface area contributed by atoms with Gasteiger partial charge in [-0.1, -0.05) is 38.1 Å². The van der Waals surface area contributed by atoms with E-state index >= 15 is 0 Å². The summed E-state index contributed by atoms with van der Waals surface area (Å²) in [5, 5.41) is 0. The van der Waals surface area contributed by atoms with Crippen LogP contribution in [0.1, 0.15) is 37.4 Å². The summed E-state index contributed by atoms with van der Waals surface area (Å²) in [6.45, 7) is 5.66. The highest BCUT2D eigenvalue weighted by molar-refractivity contribution is 5.30. The Morgan fingerprint density at radius 3 is 2.69 bits per heavy atom. The van der Waals surface area contributed by atoms with Gasteiger partial charge in [-0.2, -0.15) is 0 Å². The Hall–Kier alpha value is -0.900. The fourth-order valence-electron chi connectivity index (χ4n) is 1.77. The first-order valence-corrected chi connectivity index (χ1v) is 5.95.